The van der Waals surface area contributed by atoms with E-state index in [2.05, 4.69) is 0 Å². The second-order valence-corrected chi connectivity index (χ2v) is 15.3. The van der Waals surface area contributed by atoms with E-state index in [4.69, 9.17) is 32.8 Å². The van der Waals surface area contributed by atoms with Crippen LogP contribution in [-0.4, -0.2) is 75.8 Å². The number of ether oxygens (including phenoxy) is 6. The number of hydrogen-bond donors (Lipinski definition) is 2. The number of methoxy groups -OCH3 is 1. The number of cyclic esters (lactones) is 1. The molecule has 2 saturated heterocycles. The summed E-state index contributed by atoms with van der Waals surface area (Å²) >= 11 is 0. The summed E-state index contributed by atoms with van der Waals surface area (Å²) in [5, 5.41) is 26.7. The van der Waals surface area contributed by atoms with Gasteiger partial charge in [-0.15, -0.1) is 0 Å². The largest absolute Gasteiger partial charge is 0.472 e. The number of aliphatic hydroxyl groups is 2. The lowest BCUT2D eigenvalue weighted by Crippen LogP contribution is -2.92. The molecule has 0 unspecified atom stereocenters. The molecule has 7 aliphatic rings. The molecule has 2 N–H and O–H groups in total. The molecule has 8 rings (SSSR count). The third-order valence-electron chi connectivity index (χ3n) is 13.7. The third kappa shape index (κ3) is 3.00. The fraction of sp³-hybridized carbons (Fsp3) is 0.686. The SMILES string of the molecule is C/C=C(\C)C(=O)O[C@H]1[C@]2(C)C[C@]3(O)[C@@]1(O)[C@H]1O[C@@]4(CC)O[C@@]5(CC[C@]6(C)C(=CC(=O)O[C@H]6c6ccoc6)[C@@]15O4)[C@]3(C)[C@H]2CC(=O)OC. The van der Waals surface area contributed by atoms with Crippen LogP contribution in [0.4, 0.5) is 0 Å². The van der Waals surface area contributed by atoms with Gasteiger partial charge in [0.2, 0.25) is 0 Å². The Morgan fingerprint density at radius 2 is 1.89 bits per heavy atom. The molecule has 0 amide bonds. The van der Waals surface area contributed by atoms with Gasteiger partial charge in [-0.25, -0.2) is 9.59 Å². The monoisotopic (exact) mass is 654 g/mol. The molecule has 4 saturated carbocycles. The van der Waals surface area contributed by atoms with Crippen molar-refractivity contribution in [3.63, 3.8) is 0 Å². The van der Waals surface area contributed by atoms with E-state index in [1.165, 1.54) is 25.7 Å². The van der Waals surface area contributed by atoms with Crippen LogP contribution in [0, 0.1) is 22.2 Å². The quantitative estimate of drug-likeness (QED) is 0.261. The van der Waals surface area contributed by atoms with E-state index < -0.39 is 86.8 Å². The molecule has 12 nitrogen and oxygen atoms in total. The summed E-state index contributed by atoms with van der Waals surface area (Å²) < 4.78 is 43.6. The average molecular weight is 655 g/mol. The summed E-state index contributed by atoms with van der Waals surface area (Å²) in [6.45, 7) is 10.8. The number of allylic oxidation sites excluding steroid dienone is 1. The number of carbonyl (C=O) groups is 3. The maximum atomic E-state index is 13.5. The molecule has 1 aromatic heterocycles. The van der Waals surface area contributed by atoms with E-state index in [0.29, 0.717) is 29.6 Å². The molecule has 3 aliphatic heterocycles. The summed E-state index contributed by atoms with van der Waals surface area (Å²) in [6, 6.07) is 1.75. The number of esters is 3. The second-order valence-electron chi connectivity index (χ2n) is 15.3. The highest BCUT2D eigenvalue weighted by Gasteiger charge is 3.02. The minimum absolute atomic E-state index is 0.0162. The first-order valence-electron chi connectivity index (χ1n) is 16.4. The molecular formula is C35H42O12. The lowest BCUT2D eigenvalue weighted by Gasteiger charge is -2.75. The number of furan rings is 1. The number of fused-ring (bicyclic) bond motifs is 4. The van der Waals surface area contributed by atoms with Crippen molar-refractivity contribution in [2.75, 3.05) is 7.11 Å². The summed E-state index contributed by atoms with van der Waals surface area (Å²) in [5.74, 6) is -4.20. The Kier molecular flexibility index (Phi) is 5.95. The first-order chi connectivity index (χ1) is 22.0. The van der Waals surface area contributed by atoms with Gasteiger partial charge in [-0.3, -0.25) is 4.79 Å². The molecule has 1 aromatic rings. The van der Waals surface area contributed by atoms with E-state index in [1.54, 1.807) is 26.0 Å². The maximum Gasteiger partial charge on any atom is 0.333 e. The van der Waals surface area contributed by atoms with Crippen molar-refractivity contribution in [2.24, 2.45) is 22.2 Å². The maximum absolute atomic E-state index is 13.5. The zero-order chi connectivity index (χ0) is 33.8. The molecule has 1 spiro atoms. The topological polar surface area (TPSA) is 160 Å². The third-order valence-corrected chi connectivity index (χ3v) is 13.7. The van der Waals surface area contributed by atoms with Crippen LogP contribution in [-0.2, 0) is 42.8 Å². The predicted octanol–water partition coefficient (Wildman–Crippen LogP) is 3.55. The smallest absolute Gasteiger partial charge is 0.333 e. The van der Waals surface area contributed by atoms with Crippen molar-refractivity contribution in [3.05, 3.63) is 47.5 Å². The van der Waals surface area contributed by atoms with Crippen LogP contribution in [0.2, 0.25) is 0 Å². The van der Waals surface area contributed by atoms with Gasteiger partial charge in [0.05, 0.1) is 19.6 Å². The first-order valence-corrected chi connectivity index (χ1v) is 16.4. The molecule has 6 fully saturated rings. The Morgan fingerprint density at radius 3 is 2.53 bits per heavy atom. The van der Waals surface area contributed by atoms with Crippen LogP contribution in [0.3, 0.4) is 0 Å². The fourth-order valence-electron chi connectivity index (χ4n) is 11.6. The van der Waals surface area contributed by atoms with Gasteiger partial charge in [-0.05, 0) is 50.7 Å². The van der Waals surface area contributed by atoms with Crippen LogP contribution in [0.5, 0.6) is 0 Å². The van der Waals surface area contributed by atoms with Crippen LogP contribution in [0.1, 0.15) is 85.3 Å². The van der Waals surface area contributed by atoms with Crippen molar-refractivity contribution in [3.8, 4) is 0 Å². The van der Waals surface area contributed by atoms with E-state index in [-0.39, 0.29) is 19.3 Å². The van der Waals surface area contributed by atoms with Gasteiger partial charge in [0, 0.05) is 46.3 Å². The molecule has 4 aliphatic carbocycles. The van der Waals surface area contributed by atoms with Gasteiger partial charge in [0.1, 0.15) is 29.5 Å². The highest BCUT2D eigenvalue weighted by atomic mass is 16.9. The number of carbonyl (C=O) groups excluding carboxylic acids is 3. The highest BCUT2D eigenvalue weighted by Crippen LogP contribution is 2.88. The molecule has 0 aromatic carbocycles. The van der Waals surface area contributed by atoms with Crippen molar-refractivity contribution in [1.29, 1.82) is 0 Å². The minimum Gasteiger partial charge on any atom is -0.472 e. The molecule has 0 radical (unpaired) electrons. The Labute approximate surface area is 272 Å². The van der Waals surface area contributed by atoms with E-state index in [1.807, 2.05) is 27.7 Å². The molecule has 12 heteroatoms. The van der Waals surface area contributed by atoms with Gasteiger partial charge in [-0.1, -0.05) is 33.8 Å². The normalized spacial score (nSPS) is 51.6. The zero-order valence-electron chi connectivity index (χ0n) is 27.7. The van der Waals surface area contributed by atoms with Gasteiger partial charge < -0.3 is 43.1 Å². The Bertz CT molecular complexity index is 1670. The fourth-order valence-corrected chi connectivity index (χ4v) is 11.6. The lowest BCUT2D eigenvalue weighted by atomic mass is 9.35. The molecule has 4 heterocycles. The van der Waals surface area contributed by atoms with Crippen LogP contribution < -0.4 is 0 Å². The summed E-state index contributed by atoms with van der Waals surface area (Å²) in [4.78, 5) is 40.3. The van der Waals surface area contributed by atoms with Gasteiger partial charge >= 0.3 is 17.9 Å². The Hall–Kier alpha value is -3.03. The van der Waals surface area contributed by atoms with Crippen molar-refractivity contribution in [1.82, 2.24) is 0 Å². The molecule has 47 heavy (non-hydrogen) atoms. The lowest BCUT2D eigenvalue weighted by molar-refractivity contribution is -0.447. The second kappa shape index (κ2) is 8.95. The number of rotatable bonds is 6. The van der Waals surface area contributed by atoms with Crippen molar-refractivity contribution >= 4 is 17.9 Å². The van der Waals surface area contributed by atoms with Crippen LogP contribution >= 0.6 is 0 Å². The van der Waals surface area contributed by atoms with Gasteiger partial charge in [0.15, 0.2) is 11.2 Å². The Balaban J connectivity index is 1.43. The predicted molar refractivity (Wildman–Crippen MR) is 159 cm³/mol. The Morgan fingerprint density at radius 1 is 1.15 bits per heavy atom. The highest BCUT2D eigenvalue weighted by molar-refractivity contribution is 5.88. The molecular weight excluding hydrogens is 612 g/mol. The van der Waals surface area contributed by atoms with E-state index >= 15 is 0 Å². The van der Waals surface area contributed by atoms with Crippen molar-refractivity contribution in [2.45, 2.75) is 120 Å². The van der Waals surface area contributed by atoms with Crippen LogP contribution in [0.15, 0.2) is 46.3 Å². The van der Waals surface area contributed by atoms with Crippen LogP contribution in [0.25, 0.3) is 0 Å². The molecule has 254 valence electrons. The van der Waals surface area contributed by atoms with Crippen molar-refractivity contribution < 1.29 is 57.4 Å². The molecule has 12 atom stereocenters. The van der Waals surface area contributed by atoms with E-state index in [0.717, 1.165) is 0 Å². The molecule has 4 bridgehead atoms. The average Bonchev–Trinajstić information content (AvgIpc) is 3.83. The summed E-state index contributed by atoms with van der Waals surface area (Å²) in [6.07, 6.45) is 3.39. The standard InChI is InChI=1S/C35H42O12/c1-8-18(3)25(38)44-26-29(5)17-31(39)30(6,20(29)14-22(36)41-7)32-12-11-28(4)21(15-23(37)43-24(28)19-10-13-42-16-19)35(32)27(34(26,31)40)45-33(9-2,46-32)47-35/h8,10,13,15-16,20,24,26-27,39-40H,9,11-12,14,17H2,1-7H3/b18-8+/t20-,24-,26-,27+,28+,29+,30+,31+,32-,33-,34-,35+/m0/s1. The van der Waals surface area contributed by atoms with Gasteiger partial charge in [0.25, 0.3) is 5.97 Å². The summed E-state index contributed by atoms with van der Waals surface area (Å²) in [7, 11) is 1.30. The zero-order valence-corrected chi connectivity index (χ0v) is 27.7. The summed E-state index contributed by atoms with van der Waals surface area (Å²) in [5.41, 5.74) is -9.26. The first kappa shape index (κ1) is 31.3. The van der Waals surface area contributed by atoms with E-state index in [9.17, 15) is 24.6 Å². The minimum atomic E-state index is -2.26. The number of hydrogen-bond acceptors (Lipinski definition) is 12. The van der Waals surface area contributed by atoms with Gasteiger partial charge in [-0.2, -0.15) is 0 Å².